The van der Waals surface area contributed by atoms with Crippen LogP contribution in [0.3, 0.4) is 0 Å². The average Bonchev–Trinajstić information content (AvgIpc) is 2.64. The Morgan fingerprint density at radius 2 is 2.00 bits per heavy atom. The number of benzene rings is 1. The van der Waals surface area contributed by atoms with Crippen LogP contribution in [-0.2, 0) is 6.54 Å². The van der Waals surface area contributed by atoms with Gasteiger partial charge in [-0.2, -0.15) is 0 Å². The molecule has 0 aliphatic heterocycles. The SMILES string of the molecule is CC(C)(C)Cn1c(=S)[nH]c2cnc3ccccc3c21. The van der Waals surface area contributed by atoms with E-state index in [-0.39, 0.29) is 5.41 Å². The number of imidazole rings is 1. The maximum atomic E-state index is 5.46. The zero-order valence-corrected chi connectivity index (χ0v) is 12.2. The molecule has 0 radical (unpaired) electrons. The van der Waals surface area contributed by atoms with Crippen molar-refractivity contribution < 1.29 is 0 Å². The van der Waals surface area contributed by atoms with Crippen LogP contribution in [0.1, 0.15) is 20.8 Å². The smallest absolute Gasteiger partial charge is 0.178 e. The van der Waals surface area contributed by atoms with Crippen molar-refractivity contribution >= 4 is 34.2 Å². The predicted molar refractivity (Wildman–Crippen MR) is 81.9 cm³/mol. The minimum Gasteiger partial charge on any atom is -0.329 e. The van der Waals surface area contributed by atoms with Gasteiger partial charge in [-0.3, -0.25) is 4.98 Å². The minimum atomic E-state index is 0.178. The van der Waals surface area contributed by atoms with Crippen LogP contribution in [0, 0.1) is 10.2 Å². The molecule has 0 fully saturated rings. The first-order valence-electron chi connectivity index (χ1n) is 6.42. The highest BCUT2D eigenvalue weighted by molar-refractivity contribution is 7.71. The molecule has 2 aromatic heterocycles. The molecule has 3 nitrogen and oxygen atoms in total. The van der Waals surface area contributed by atoms with Gasteiger partial charge >= 0.3 is 0 Å². The quantitative estimate of drug-likeness (QED) is 0.670. The zero-order valence-electron chi connectivity index (χ0n) is 11.4. The highest BCUT2D eigenvalue weighted by Crippen LogP contribution is 2.26. The molecule has 19 heavy (non-hydrogen) atoms. The van der Waals surface area contributed by atoms with Crippen LogP contribution >= 0.6 is 12.2 Å². The zero-order chi connectivity index (χ0) is 13.6. The van der Waals surface area contributed by atoms with Crippen LogP contribution < -0.4 is 0 Å². The normalized spacial score (nSPS) is 12.4. The molecule has 0 saturated carbocycles. The molecule has 0 spiro atoms. The molecule has 0 bridgehead atoms. The lowest BCUT2D eigenvalue weighted by molar-refractivity contribution is 0.347. The molecular formula is C15H17N3S. The summed E-state index contributed by atoms with van der Waals surface area (Å²) in [5.74, 6) is 0. The van der Waals surface area contributed by atoms with Gasteiger partial charge in [-0.1, -0.05) is 39.0 Å². The molecule has 0 unspecified atom stereocenters. The number of aromatic amines is 1. The summed E-state index contributed by atoms with van der Waals surface area (Å²) < 4.78 is 2.96. The van der Waals surface area contributed by atoms with E-state index in [1.54, 1.807) is 0 Å². The summed E-state index contributed by atoms with van der Waals surface area (Å²) >= 11 is 5.46. The molecule has 0 saturated heterocycles. The highest BCUT2D eigenvalue weighted by atomic mass is 32.1. The summed E-state index contributed by atoms with van der Waals surface area (Å²) in [7, 11) is 0. The van der Waals surface area contributed by atoms with E-state index < -0.39 is 0 Å². The number of para-hydroxylation sites is 1. The van der Waals surface area contributed by atoms with Crippen LogP contribution in [0.5, 0.6) is 0 Å². The van der Waals surface area contributed by atoms with Gasteiger partial charge in [0.15, 0.2) is 4.77 Å². The molecule has 4 heteroatoms. The molecule has 3 rings (SSSR count). The van der Waals surface area contributed by atoms with Gasteiger partial charge in [0.05, 0.1) is 22.7 Å². The number of H-pyrrole nitrogens is 1. The fourth-order valence-corrected chi connectivity index (χ4v) is 2.68. The number of pyridine rings is 1. The molecule has 98 valence electrons. The van der Waals surface area contributed by atoms with E-state index in [1.165, 1.54) is 0 Å². The third-order valence-electron chi connectivity index (χ3n) is 3.14. The van der Waals surface area contributed by atoms with Gasteiger partial charge in [0, 0.05) is 11.9 Å². The lowest BCUT2D eigenvalue weighted by Gasteiger charge is -2.19. The Hall–Kier alpha value is -1.68. The van der Waals surface area contributed by atoms with Crippen LogP contribution in [0.15, 0.2) is 30.5 Å². The second-order valence-corrected chi connectivity index (χ2v) is 6.50. The first-order valence-corrected chi connectivity index (χ1v) is 6.83. The number of aromatic nitrogens is 3. The summed E-state index contributed by atoms with van der Waals surface area (Å²) in [5, 5.41) is 1.15. The standard InChI is InChI=1S/C15H17N3S/c1-15(2,3)9-18-13-10-6-4-5-7-11(10)16-8-12(13)17-14(18)19/h4-8H,9H2,1-3H3,(H,17,19). The van der Waals surface area contributed by atoms with Gasteiger partial charge < -0.3 is 9.55 Å². The van der Waals surface area contributed by atoms with E-state index in [2.05, 4.69) is 41.4 Å². The van der Waals surface area contributed by atoms with E-state index in [0.29, 0.717) is 0 Å². The second-order valence-electron chi connectivity index (χ2n) is 6.11. The summed E-state index contributed by atoms with van der Waals surface area (Å²) in [5.41, 5.74) is 3.35. The van der Waals surface area contributed by atoms with Gasteiger partial charge in [-0.05, 0) is 23.7 Å². The molecule has 2 heterocycles. The summed E-state index contributed by atoms with van der Waals surface area (Å²) in [6.45, 7) is 7.55. The van der Waals surface area contributed by atoms with Crippen molar-refractivity contribution in [2.24, 2.45) is 5.41 Å². The number of hydrogen-bond donors (Lipinski definition) is 1. The highest BCUT2D eigenvalue weighted by Gasteiger charge is 2.16. The lowest BCUT2D eigenvalue weighted by atomic mass is 9.97. The molecule has 0 amide bonds. The van der Waals surface area contributed by atoms with Crippen molar-refractivity contribution in [3.8, 4) is 0 Å². The van der Waals surface area contributed by atoms with Gasteiger partial charge in [-0.25, -0.2) is 0 Å². The fraction of sp³-hybridized carbons (Fsp3) is 0.333. The van der Waals surface area contributed by atoms with Crippen LogP contribution in [-0.4, -0.2) is 14.5 Å². The molecular weight excluding hydrogens is 254 g/mol. The summed E-state index contributed by atoms with van der Waals surface area (Å²) in [6, 6.07) is 8.19. The van der Waals surface area contributed by atoms with Crippen molar-refractivity contribution in [1.82, 2.24) is 14.5 Å². The van der Waals surface area contributed by atoms with Crippen molar-refractivity contribution in [1.29, 1.82) is 0 Å². The van der Waals surface area contributed by atoms with Crippen LogP contribution in [0.2, 0.25) is 0 Å². The molecule has 0 atom stereocenters. The number of hydrogen-bond acceptors (Lipinski definition) is 2. The Kier molecular flexibility index (Phi) is 2.71. The minimum absolute atomic E-state index is 0.178. The number of rotatable bonds is 1. The molecule has 0 aliphatic carbocycles. The van der Waals surface area contributed by atoms with Crippen molar-refractivity contribution in [2.45, 2.75) is 27.3 Å². The molecule has 0 aliphatic rings. The van der Waals surface area contributed by atoms with Crippen molar-refractivity contribution in [3.63, 3.8) is 0 Å². The third-order valence-corrected chi connectivity index (χ3v) is 3.46. The Morgan fingerprint density at radius 3 is 2.74 bits per heavy atom. The van der Waals surface area contributed by atoms with Crippen LogP contribution in [0.25, 0.3) is 21.9 Å². The first-order chi connectivity index (χ1) is 8.96. The summed E-state index contributed by atoms with van der Waals surface area (Å²) in [6.07, 6.45) is 1.87. The largest absolute Gasteiger partial charge is 0.329 e. The molecule has 1 aromatic carbocycles. The second kappa shape index (κ2) is 4.17. The van der Waals surface area contributed by atoms with Crippen LogP contribution in [0.4, 0.5) is 0 Å². The lowest BCUT2D eigenvalue weighted by Crippen LogP contribution is -2.15. The van der Waals surface area contributed by atoms with Gasteiger partial charge in [0.1, 0.15) is 0 Å². The first kappa shape index (κ1) is 12.4. The van der Waals surface area contributed by atoms with Crippen molar-refractivity contribution in [3.05, 3.63) is 35.2 Å². The summed E-state index contributed by atoms with van der Waals surface area (Å²) in [4.78, 5) is 7.73. The van der Waals surface area contributed by atoms with Crippen molar-refractivity contribution in [2.75, 3.05) is 0 Å². The topological polar surface area (TPSA) is 33.6 Å². The predicted octanol–water partition coefficient (Wildman–Crippen LogP) is 4.29. The molecule has 3 aromatic rings. The Bertz CT molecular complexity index is 805. The van der Waals surface area contributed by atoms with E-state index in [9.17, 15) is 0 Å². The average molecular weight is 271 g/mol. The third kappa shape index (κ3) is 2.16. The van der Waals surface area contributed by atoms with Gasteiger partial charge in [0.2, 0.25) is 0 Å². The van der Waals surface area contributed by atoms with Gasteiger partial charge in [-0.15, -0.1) is 0 Å². The Balaban J connectivity index is 2.40. The number of nitrogens with one attached hydrogen (secondary N) is 1. The van der Waals surface area contributed by atoms with Gasteiger partial charge in [0.25, 0.3) is 0 Å². The number of fused-ring (bicyclic) bond motifs is 3. The van der Waals surface area contributed by atoms with E-state index in [0.717, 1.165) is 33.3 Å². The van der Waals surface area contributed by atoms with E-state index in [1.807, 2.05) is 24.4 Å². The van der Waals surface area contributed by atoms with E-state index in [4.69, 9.17) is 12.2 Å². The fourth-order valence-electron chi connectivity index (χ4n) is 2.42. The monoisotopic (exact) mass is 271 g/mol. The maximum Gasteiger partial charge on any atom is 0.178 e. The maximum absolute atomic E-state index is 5.46. The Labute approximate surface area is 117 Å². The Morgan fingerprint density at radius 1 is 1.26 bits per heavy atom. The number of nitrogens with zero attached hydrogens (tertiary/aromatic N) is 2. The van der Waals surface area contributed by atoms with E-state index >= 15 is 0 Å². The molecule has 1 N–H and O–H groups in total.